The molecule has 0 spiro atoms. The summed E-state index contributed by atoms with van der Waals surface area (Å²) in [6.07, 6.45) is 0.382. The molecule has 2 amide bonds. The SMILES string of the molecule is C[C@@H]1CCC[N+]1(C(=O)O)C(=O)C(Sc1nc2cc(Cl)ccc2s1)c1ccccc1. The Morgan fingerprint density at radius 2 is 2.03 bits per heavy atom. The van der Waals surface area contributed by atoms with Crippen molar-refractivity contribution in [2.24, 2.45) is 0 Å². The predicted octanol–water partition coefficient (Wildman–Crippen LogP) is 5.99. The molecule has 1 N–H and O–H groups in total. The van der Waals surface area contributed by atoms with Crippen LogP contribution in [0.2, 0.25) is 5.02 Å². The van der Waals surface area contributed by atoms with E-state index in [1.807, 2.05) is 49.4 Å². The highest BCUT2D eigenvalue weighted by atomic mass is 35.5. The van der Waals surface area contributed by atoms with Crippen LogP contribution in [-0.4, -0.2) is 39.2 Å². The molecular weight excluding hydrogens is 428 g/mol. The standard InChI is InChI=1S/C21H19ClN2O3S2/c1-13-6-5-11-24(13,21(26)27)19(25)18(14-7-3-2-4-8-14)29-20-23-16-12-15(22)9-10-17(16)28-20/h2-4,7-10,12-13,18H,5-6,11H2,1H3/p+1/t13-,18?,24?/m1/s1. The minimum atomic E-state index is -1.07. The lowest BCUT2D eigenvalue weighted by atomic mass is 10.1. The van der Waals surface area contributed by atoms with Crippen molar-refractivity contribution in [3.05, 3.63) is 59.1 Å². The van der Waals surface area contributed by atoms with Crippen molar-refractivity contribution in [2.75, 3.05) is 6.54 Å². The Hall–Kier alpha value is -1.93. The maximum Gasteiger partial charge on any atom is 0.521 e. The maximum absolute atomic E-state index is 13.7. The molecule has 2 unspecified atom stereocenters. The molecule has 0 aliphatic carbocycles. The summed E-state index contributed by atoms with van der Waals surface area (Å²) in [4.78, 5) is 30.6. The van der Waals surface area contributed by atoms with Gasteiger partial charge in [0, 0.05) is 17.9 Å². The Kier molecular flexibility index (Phi) is 5.66. The van der Waals surface area contributed by atoms with Crippen LogP contribution in [0.1, 0.15) is 30.6 Å². The first-order chi connectivity index (χ1) is 13.9. The number of fused-ring (bicyclic) bond motifs is 1. The van der Waals surface area contributed by atoms with Crippen molar-refractivity contribution < 1.29 is 19.2 Å². The zero-order chi connectivity index (χ0) is 20.6. The van der Waals surface area contributed by atoms with E-state index >= 15 is 0 Å². The average Bonchev–Trinajstić information content (AvgIpc) is 3.29. The summed E-state index contributed by atoms with van der Waals surface area (Å²) >= 11 is 8.88. The zero-order valence-corrected chi connectivity index (χ0v) is 18.1. The molecule has 3 aromatic rings. The first-order valence-electron chi connectivity index (χ1n) is 9.35. The molecule has 0 saturated carbocycles. The number of imide groups is 1. The molecule has 1 aliphatic rings. The number of aromatic nitrogens is 1. The molecule has 4 rings (SSSR count). The number of thioether (sulfide) groups is 1. The second-order valence-electron chi connectivity index (χ2n) is 7.20. The van der Waals surface area contributed by atoms with Gasteiger partial charge in [-0.2, -0.15) is 9.28 Å². The highest BCUT2D eigenvalue weighted by molar-refractivity contribution is 8.02. The number of benzene rings is 2. The lowest BCUT2D eigenvalue weighted by molar-refractivity contribution is -0.792. The van der Waals surface area contributed by atoms with Gasteiger partial charge in [-0.05, 0) is 30.7 Å². The van der Waals surface area contributed by atoms with Gasteiger partial charge in [0.1, 0.15) is 6.04 Å². The van der Waals surface area contributed by atoms with E-state index in [4.69, 9.17) is 11.6 Å². The number of thiazole rings is 1. The van der Waals surface area contributed by atoms with Gasteiger partial charge in [-0.1, -0.05) is 53.7 Å². The van der Waals surface area contributed by atoms with Crippen LogP contribution < -0.4 is 0 Å². The summed E-state index contributed by atoms with van der Waals surface area (Å²) < 4.78 is 1.18. The molecule has 150 valence electrons. The Bertz CT molecular complexity index is 1070. The number of hydrogen-bond acceptors (Lipinski definition) is 5. The van der Waals surface area contributed by atoms with Gasteiger partial charge in [0.2, 0.25) is 0 Å². The maximum atomic E-state index is 13.7. The summed E-state index contributed by atoms with van der Waals surface area (Å²) in [6.45, 7) is 2.18. The molecule has 5 nitrogen and oxygen atoms in total. The molecule has 2 heterocycles. The van der Waals surface area contributed by atoms with E-state index in [1.165, 1.54) is 23.1 Å². The van der Waals surface area contributed by atoms with Gasteiger partial charge in [0.25, 0.3) is 0 Å². The molecule has 8 heteroatoms. The van der Waals surface area contributed by atoms with Crippen LogP contribution in [0.25, 0.3) is 10.2 Å². The van der Waals surface area contributed by atoms with Crippen LogP contribution in [0.15, 0.2) is 52.9 Å². The normalized spacial score (nSPS) is 22.6. The number of carboxylic acid groups (broad SMARTS) is 1. The van der Waals surface area contributed by atoms with Gasteiger partial charge in [0.15, 0.2) is 9.59 Å². The van der Waals surface area contributed by atoms with Gasteiger partial charge in [-0.3, -0.25) is 0 Å². The first-order valence-corrected chi connectivity index (χ1v) is 11.4. The minimum Gasteiger partial charge on any atom is -0.435 e. The Labute approximate surface area is 181 Å². The Balaban J connectivity index is 1.75. The Morgan fingerprint density at radius 1 is 1.28 bits per heavy atom. The third kappa shape index (κ3) is 3.68. The van der Waals surface area contributed by atoms with E-state index in [9.17, 15) is 14.7 Å². The second-order valence-corrected chi connectivity index (χ2v) is 10.0. The fourth-order valence-electron chi connectivity index (χ4n) is 3.91. The highest BCUT2D eigenvalue weighted by Gasteiger charge is 2.55. The van der Waals surface area contributed by atoms with E-state index in [2.05, 4.69) is 4.98 Å². The lowest BCUT2D eigenvalue weighted by Crippen LogP contribution is -2.59. The predicted molar refractivity (Wildman–Crippen MR) is 117 cm³/mol. The number of amides is 2. The summed E-state index contributed by atoms with van der Waals surface area (Å²) in [5.41, 5.74) is 1.57. The van der Waals surface area contributed by atoms with Crippen LogP contribution in [0.3, 0.4) is 0 Å². The molecule has 2 aromatic carbocycles. The molecule has 1 aliphatic heterocycles. The number of nitrogens with zero attached hydrogens (tertiary/aromatic N) is 2. The summed E-state index contributed by atoms with van der Waals surface area (Å²) in [5.74, 6) is -0.295. The van der Waals surface area contributed by atoms with E-state index in [-0.39, 0.29) is 11.9 Å². The molecule has 1 fully saturated rings. The average molecular weight is 448 g/mol. The van der Waals surface area contributed by atoms with Gasteiger partial charge in [0.05, 0.1) is 16.8 Å². The second kappa shape index (κ2) is 8.07. The van der Waals surface area contributed by atoms with E-state index in [1.54, 1.807) is 6.07 Å². The number of rotatable bonds is 4. The fourth-order valence-corrected chi connectivity index (χ4v) is 6.44. The molecular formula is C21H20ClN2O3S2+. The molecule has 0 radical (unpaired) electrons. The zero-order valence-electron chi connectivity index (χ0n) is 15.7. The molecule has 1 saturated heterocycles. The number of hydrogen-bond donors (Lipinski definition) is 1. The smallest absolute Gasteiger partial charge is 0.435 e. The van der Waals surface area contributed by atoms with E-state index in [0.717, 1.165) is 33.0 Å². The van der Waals surface area contributed by atoms with Crippen molar-refractivity contribution in [2.45, 2.75) is 35.4 Å². The van der Waals surface area contributed by atoms with Gasteiger partial charge >= 0.3 is 12.0 Å². The topological polar surface area (TPSA) is 67.3 Å². The third-order valence-corrected chi connectivity index (χ3v) is 8.10. The molecule has 29 heavy (non-hydrogen) atoms. The van der Waals surface area contributed by atoms with E-state index < -0.39 is 15.8 Å². The molecule has 0 bridgehead atoms. The number of likely N-dealkylation sites (tertiary alicyclic amines) is 1. The Morgan fingerprint density at radius 3 is 2.69 bits per heavy atom. The highest BCUT2D eigenvalue weighted by Crippen LogP contribution is 2.44. The largest absolute Gasteiger partial charge is 0.521 e. The lowest BCUT2D eigenvalue weighted by Gasteiger charge is -2.32. The minimum absolute atomic E-state index is 0.249. The molecule has 3 atom stereocenters. The quantitative estimate of drug-likeness (QED) is 0.393. The van der Waals surface area contributed by atoms with Crippen molar-refractivity contribution in [1.29, 1.82) is 0 Å². The van der Waals surface area contributed by atoms with Crippen molar-refractivity contribution in [3.8, 4) is 0 Å². The van der Waals surface area contributed by atoms with E-state index in [0.29, 0.717) is 11.6 Å². The van der Waals surface area contributed by atoms with Crippen LogP contribution >= 0.6 is 34.7 Å². The van der Waals surface area contributed by atoms with Crippen molar-refractivity contribution >= 4 is 56.9 Å². The van der Waals surface area contributed by atoms with Crippen LogP contribution in [0, 0.1) is 0 Å². The first kappa shape index (κ1) is 20.3. The summed E-state index contributed by atoms with van der Waals surface area (Å²) in [6, 6.07) is 14.6. The van der Waals surface area contributed by atoms with Gasteiger partial charge < -0.3 is 5.11 Å². The molecule has 1 aromatic heterocycles. The van der Waals surface area contributed by atoms with Gasteiger partial charge in [-0.25, -0.2) is 9.78 Å². The summed E-state index contributed by atoms with van der Waals surface area (Å²) in [7, 11) is 0. The number of carbonyl (C=O) groups excluding carboxylic acids is 1. The van der Waals surface area contributed by atoms with Crippen LogP contribution in [-0.2, 0) is 4.79 Å². The fraction of sp³-hybridized carbons (Fsp3) is 0.286. The van der Waals surface area contributed by atoms with Gasteiger partial charge in [-0.15, -0.1) is 11.3 Å². The van der Waals surface area contributed by atoms with Crippen molar-refractivity contribution in [3.63, 3.8) is 0 Å². The number of quaternary nitrogens is 1. The number of halogens is 1. The van der Waals surface area contributed by atoms with Crippen molar-refractivity contribution in [1.82, 2.24) is 4.98 Å². The van der Waals surface area contributed by atoms with Crippen LogP contribution in [0.5, 0.6) is 0 Å². The number of carbonyl (C=O) groups is 2. The summed E-state index contributed by atoms with van der Waals surface area (Å²) in [5, 5.41) is 9.98. The third-order valence-electron chi connectivity index (χ3n) is 5.50. The van der Waals surface area contributed by atoms with Crippen LogP contribution in [0.4, 0.5) is 4.79 Å². The monoisotopic (exact) mass is 447 g/mol.